The van der Waals surface area contributed by atoms with Gasteiger partial charge in [0.1, 0.15) is 10.7 Å². The minimum Gasteiger partial charge on any atom is -0.392 e. The predicted molar refractivity (Wildman–Crippen MR) is 77.8 cm³/mol. The van der Waals surface area contributed by atoms with Crippen molar-refractivity contribution in [2.45, 2.75) is 32.7 Å². The number of rotatable bonds is 2. The Morgan fingerprint density at radius 2 is 2.16 bits per heavy atom. The number of anilines is 1. The average molecular weight is 299 g/mol. The van der Waals surface area contributed by atoms with E-state index in [0.29, 0.717) is 6.54 Å². The quantitative estimate of drug-likeness (QED) is 0.863. The van der Waals surface area contributed by atoms with Gasteiger partial charge < -0.3 is 5.73 Å². The number of thiazole rings is 1. The van der Waals surface area contributed by atoms with E-state index in [1.54, 1.807) is 0 Å². The Morgan fingerprint density at radius 1 is 1.47 bits per heavy atom. The summed E-state index contributed by atoms with van der Waals surface area (Å²) in [6, 6.07) is 0. The normalized spacial score (nSPS) is 11.8. The zero-order valence-corrected chi connectivity index (χ0v) is 12.5. The molecule has 0 aliphatic heterocycles. The topological polar surface area (TPSA) is 73.8 Å². The number of hydrogen-bond donors (Lipinski definition) is 1. The minimum absolute atomic E-state index is 0.00299. The molecule has 2 N–H and O–H groups in total. The highest BCUT2D eigenvalue weighted by molar-refractivity contribution is 7.09. The molecular weight excluding hydrogens is 284 g/mol. The highest BCUT2D eigenvalue weighted by Crippen LogP contribution is 2.24. The van der Waals surface area contributed by atoms with Crippen molar-refractivity contribution in [3.05, 3.63) is 37.9 Å². The number of halogens is 1. The van der Waals surface area contributed by atoms with Crippen LogP contribution >= 0.6 is 22.9 Å². The lowest BCUT2D eigenvalue weighted by Gasteiger charge is -2.14. The molecule has 2 heterocycles. The Hall–Kier alpha value is -1.40. The Labute approximate surface area is 120 Å². The van der Waals surface area contributed by atoms with Gasteiger partial charge in [-0.1, -0.05) is 32.4 Å². The first-order valence-corrected chi connectivity index (χ1v) is 7.00. The van der Waals surface area contributed by atoms with Gasteiger partial charge in [0.25, 0.3) is 5.56 Å². The minimum atomic E-state index is -0.340. The Balaban J connectivity index is 2.30. The largest absolute Gasteiger partial charge is 0.392 e. The van der Waals surface area contributed by atoms with Gasteiger partial charge in [-0.3, -0.25) is 9.36 Å². The molecule has 2 aromatic heterocycles. The second-order valence-corrected chi connectivity index (χ2v) is 6.56. The molecule has 0 unspecified atom stereocenters. The molecule has 2 aromatic rings. The van der Waals surface area contributed by atoms with Crippen LogP contribution in [0.4, 0.5) is 5.69 Å². The van der Waals surface area contributed by atoms with Gasteiger partial charge in [0.15, 0.2) is 5.15 Å². The molecule has 0 aromatic carbocycles. The fraction of sp³-hybridized carbons (Fsp3) is 0.417. The highest BCUT2D eigenvalue weighted by Gasteiger charge is 2.17. The maximum Gasteiger partial charge on any atom is 0.278 e. The van der Waals surface area contributed by atoms with Crippen LogP contribution in [0.25, 0.3) is 0 Å². The number of nitrogen functional groups attached to an aromatic ring is 1. The van der Waals surface area contributed by atoms with E-state index in [9.17, 15) is 4.79 Å². The van der Waals surface area contributed by atoms with Crippen molar-refractivity contribution >= 4 is 28.6 Å². The Bertz CT molecular complexity index is 656. The summed E-state index contributed by atoms with van der Waals surface area (Å²) in [6.07, 6.45) is 1.39. The van der Waals surface area contributed by atoms with Gasteiger partial charge in [-0.2, -0.15) is 0 Å². The Morgan fingerprint density at radius 3 is 2.74 bits per heavy atom. The fourth-order valence-electron chi connectivity index (χ4n) is 1.47. The third-order valence-corrected chi connectivity index (χ3v) is 3.78. The number of hydrogen-bond acceptors (Lipinski definition) is 5. The van der Waals surface area contributed by atoms with E-state index in [0.717, 1.165) is 10.7 Å². The molecule has 2 rings (SSSR count). The summed E-state index contributed by atoms with van der Waals surface area (Å²) in [6.45, 7) is 6.65. The lowest BCUT2D eigenvalue weighted by atomic mass is 9.93. The van der Waals surface area contributed by atoms with Crippen molar-refractivity contribution < 1.29 is 0 Å². The first kappa shape index (κ1) is 14.0. The standard InChI is InChI=1S/C12H15ClN4OS/c1-12(2,3)7-5-19-8(16-7)4-17-6-15-10(13)9(14)11(17)18/h5-6H,4,14H2,1-3H3. The maximum atomic E-state index is 11.9. The monoisotopic (exact) mass is 298 g/mol. The summed E-state index contributed by atoms with van der Waals surface area (Å²) >= 11 is 7.21. The zero-order valence-electron chi connectivity index (χ0n) is 11.0. The van der Waals surface area contributed by atoms with E-state index in [4.69, 9.17) is 17.3 Å². The second kappa shape index (κ2) is 4.94. The maximum absolute atomic E-state index is 11.9. The summed E-state index contributed by atoms with van der Waals surface area (Å²) in [4.78, 5) is 20.3. The van der Waals surface area contributed by atoms with E-state index in [1.807, 2.05) is 5.38 Å². The van der Waals surface area contributed by atoms with Crippen molar-refractivity contribution in [3.63, 3.8) is 0 Å². The van der Waals surface area contributed by atoms with Crippen LogP contribution in [-0.2, 0) is 12.0 Å². The van der Waals surface area contributed by atoms with Gasteiger partial charge >= 0.3 is 0 Å². The van der Waals surface area contributed by atoms with Crippen LogP contribution in [0, 0.1) is 0 Å². The molecule has 0 amide bonds. The van der Waals surface area contributed by atoms with E-state index in [-0.39, 0.29) is 21.8 Å². The fourth-order valence-corrected chi connectivity index (χ4v) is 2.61. The van der Waals surface area contributed by atoms with Gasteiger partial charge in [0, 0.05) is 10.8 Å². The lowest BCUT2D eigenvalue weighted by Crippen LogP contribution is -2.24. The molecule has 5 nitrogen and oxygen atoms in total. The van der Waals surface area contributed by atoms with E-state index >= 15 is 0 Å². The van der Waals surface area contributed by atoms with E-state index in [2.05, 4.69) is 30.7 Å². The third kappa shape index (κ3) is 2.96. The van der Waals surface area contributed by atoms with Crippen LogP contribution in [0.2, 0.25) is 5.15 Å². The van der Waals surface area contributed by atoms with E-state index in [1.165, 1.54) is 22.2 Å². The SMILES string of the molecule is CC(C)(C)c1csc(Cn2cnc(Cl)c(N)c2=O)n1. The van der Waals surface area contributed by atoms with Gasteiger partial charge in [0.05, 0.1) is 18.6 Å². The summed E-state index contributed by atoms with van der Waals surface area (Å²) in [5.41, 5.74) is 6.20. The van der Waals surface area contributed by atoms with Crippen molar-refractivity contribution in [3.8, 4) is 0 Å². The van der Waals surface area contributed by atoms with Gasteiger partial charge in [0.2, 0.25) is 0 Å². The van der Waals surface area contributed by atoms with Gasteiger partial charge in [-0.05, 0) is 0 Å². The molecule has 0 atom stereocenters. The van der Waals surface area contributed by atoms with Crippen LogP contribution in [0.1, 0.15) is 31.5 Å². The lowest BCUT2D eigenvalue weighted by molar-refractivity contribution is 0.569. The first-order chi connectivity index (χ1) is 8.79. The summed E-state index contributed by atoms with van der Waals surface area (Å²) in [5, 5.41) is 2.89. The molecular formula is C12H15ClN4OS. The zero-order chi connectivity index (χ0) is 14.2. The van der Waals surface area contributed by atoms with Crippen LogP contribution in [0.15, 0.2) is 16.5 Å². The smallest absolute Gasteiger partial charge is 0.278 e. The van der Waals surface area contributed by atoms with Crippen LogP contribution in [0.5, 0.6) is 0 Å². The van der Waals surface area contributed by atoms with Crippen LogP contribution in [0.3, 0.4) is 0 Å². The molecule has 0 aliphatic rings. The second-order valence-electron chi connectivity index (χ2n) is 5.26. The summed E-state index contributed by atoms with van der Waals surface area (Å²) in [5.74, 6) is 0. The molecule has 0 saturated heterocycles. The van der Waals surface area contributed by atoms with Crippen molar-refractivity contribution in [1.29, 1.82) is 0 Å². The summed E-state index contributed by atoms with van der Waals surface area (Å²) in [7, 11) is 0. The molecule has 102 valence electrons. The highest BCUT2D eigenvalue weighted by atomic mass is 35.5. The number of nitrogens with two attached hydrogens (primary N) is 1. The van der Waals surface area contributed by atoms with Gasteiger partial charge in [-0.15, -0.1) is 11.3 Å². The van der Waals surface area contributed by atoms with Crippen LogP contribution < -0.4 is 11.3 Å². The predicted octanol–water partition coefficient (Wildman–Crippen LogP) is 2.28. The molecule has 0 bridgehead atoms. The average Bonchev–Trinajstić information content (AvgIpc) is 2.78. The molecule has 7 heteroatoms. The molecule has 19 heavy (non-hydrogen) atoms. The molecule has 0 fully saturated rings. The molecule has 0 saturated carbocycles. The number of aromatic nitrogens is 3. The molecule has 0 aliphatic carbocycles. The Kier molecular flexibility index (Phi) is 3.64. The third-order valence-electron chi connectivity index (χ3n) is 2.65. The number of nitrogens with zero attached hydrogens (tertiary/aromatic N) is 3. The molecule has 0 spiro atoms. The van der Waals surface area contributed by atoms with Crippen molar-refractivity contribution in [1.82, 2.24) is 14.5 Å². The molecule has 0 radical (unpaired) electrons. The first-order valence-electron chi connectivity index (χ1n) is 5.74. The van der Waals surface area contributed by atoms with Gasteiger partial charge in [-0.25, -0.2) is 9.97 Å². The van der Waals surface area contributed by atoms with E-state index < -0.39 is 0 Å². The summed E-state index contributed by atoms with van der Waals surface area (Å²) < 4.78 is 1.41. The van der Waals surface area contributed by atoms with Crippen molar-refractivity contribution in [2.24, 2.45) is 0 Å². The van der Waals surface area contributed by atoms with Crippen LogP contribution in [-0.4, -0.2) is 14.5 Å². The van der Waals surface area contributed by atoms with Crippen molar-refractivity contribution in [2.75, 3.05) is 5.73 Å².